The molecule has 1 fully saturated rings. The summed E-state index contributed by atoms with van der Waals surface area (Å²) in [5.74, 6) is -0.967. The number of rotatable bonds is 4. The van der Waals surface area contributed by atoms with E-state index in [0.29, 0.717) is 11.4 Å². The summed E-state index contributed by atoms with van der Waals surface area (Å²) in [6, 6.07) is 7.49. The quantitative estimate of drug-likeness (QED) is 0.733. The Morgan fingerprint density at radius 2 is 1.75 bits per heavy atom. The number of likely N-dealkylation sites (tertiary alicyclic amines) is 1. The number of hydrogen-bond acceptors (Lipinski definition) is 6. The van der Waals surface area contributed by atoms with Crippen molar-refractivity contribution in [2.45, 2.75) is 12.8 Å². The first-order chi connectivity index (χ1) is 13.5. The molecule has 3 amide bonds. The summed E-state index contributed by atoms with van der Waals surface area (Å²) < 4.78 is 6.67. The third-order valence-corrected chi connectivity index (χ3v) is 4.87. The number of nitrogens with one attached hydrogen (secondary N) is 1. The molecule has 0 spiro atoms. The van der Waals surface area contributed by atoms with Crippen LogP contribution in [-0.4, -0.2) is 46.9 Å². The fourth-order valence-corrected chi connectivity index (χ4v) is 3.44. The summed E-state index contributed by atoms with van der Waals surface area (Å²) >= 11 is 0. The monoisotopic (exact) mass is 382 g/mol. The van der Waals surface area contributed by atoms with E-state index in [0.717, 1.165) is 36.6 Å². The SMILES string of the molecule is Nc1c2c(cc(=O)n1-c1ccc(OCC(=O)N3CCCC3)cc1)C(=O)NC2=O. The van der Waals surface area contributed by atoms with Gasteiger partial charge in [0.2, 0.25) is 0 Å². The first kappa shape index (κ1) is 17.8. The summed E-state index contributed by atoms with van der Waals surface area (Å²) in [5.41, 5.74) is 5.84. The molecule has 2 aliphatic rings. The van der Waals surface area contributed by atoms with Crippen molar-refractivity contribution < 1.29 is 19.1 Å². The van der Waals surface area contributed by atoms with Crippen LogP contribution < -0.4 is 21.3 Å². The number of imide groups is 1. The van der Waals surface area contributed by atoms with Crippen LogP contribution in [0.5, 0.6) is 5.75 Å². The molecule has 9 heteroatoms. The van der Waals surface area contributed by atoms with E-state index in [4.69, 9.17) is 10.5 Å². The molecular formula is C19H18N4O5. The van der Waals surface area contributed by atoms with E-state index in [1.54, 1.807) is 29.2 Å². The third-order valence-electron chi connectivity index (χ3n) is 4.87. The van der Waals surface area contributed by atoms with E-state index in [9.17, 15) is 19.2 Å². The molecule has 2 aromatic rings. The molecule has 2 aliphatic heterocycles. The van der Waals surface area contributed by atoms with Crippen LogP contribution in [0, 0.1) is 0 Å². The highest BCUT2D eigenvalue weighted by Gasteiger charge is 2.31. The molecule has 4 rings (SSSR count). The minimum absolute atomic E-state index is 0.0128. The normalized spacial score (nSPS) is 15.5. The zero-order valence-electron chi connectivity index (χ0n) is 14.9. The van der Waals surface area contributed by atoms with Gasteiger partial charge in [0.25, 0.3) is 23.3 Å². The Kier molecular flexibility index (Phi) is 4.34. The third kappa shape index (κ3) is 3.00. The molecule has 3 heterocycles. The lowest BCUT2D eigenvalue weighted by molar-refractivity contribution is -0.132. The van der Waals surface area contributed by atoms with Gasteiger partial charge in [0.1, 0.15) is 11.6 Å². The van der Waals surface area contributed by atoms with Gasteiger partial charge < -0.3 is 15.4 Å². The lowest BCUT2D eigenvalue weighted by Gasteiger charge is -2.16. The second-order valence-corrected chi connectivity index (χ2v) is 6.65. The fourth-order valence-electron chi connectivity index (χ4n) is 3.44. The number of anilines is 1. The largest absolute Gasteiger partial charge is 0.484 e. The maximum Gasteiger partial charge on any atom is 0.262 e. The van der Waals surface area contributed by atoms with E-state index in [2.05, 4.69) is 5.32 Å². The van der Waals surface area contributed by atoms with Crippen molar-refractivity contribution in [3.63, 3.8) is 0 Å². The van der Waals surface area contributed by atoms with Gasteiger partial charge in [-0.3, -0.25) is 29.1 Å². The Morgan fingerprint density at radius 3 is 2.43 bits per heavy atom. The molecular weight excluding hydrogens is 364 g/mol. The van der Waals surface area contributed by atoms with Gasteiger partial charge in [0.15, 0.2) is 6.61 Å². The molecule has 0 aliphatic carbocycles. The number of carbonyl (C=O) groups excluding carboxylic acids is 3. The summed E-state index contributed by atoms with van der Waals surface area (Å²) in [6.07, 6.45) is 2.03. The van der Waals surface area contributed by atoms with Crippen LogP contribution in [-0.2, 0) is 4.79 Å². The first-order valence-electron chi connectivity index (χ1n) is 8.88. The Morgan fingerprint density at radius 1 is 1.07 bits per heavy atom. The summed E-state index contributed by atoms with van der Waals surface area (Å²) in [7, 11) is 0. The van der Waals surface area contributed by atoms with Gasteiger partial charge in [-0.1, -0.05) is 0 Å². The molecule has 1 saturated heterocycles. The maximum absolute atomic E-state index is 12.4. The topological polar surface area (TPSA) is 124 Å². The molecule has 0 saturated carbocycles. The molecule has 144 valence electrons. The number of fused-ring (bicyclic) bond motifs is 1. The Hall–Kier alpha value is -3.62. The molecule has 0 radical (unpaired) electrons. The van der Waals surface area contributed by atoms with Gasteiger partial charge in [-0.2, -0.15) is 0 Å². The van der Waals surface area contributed by atoms with Crippen molar-refractivity contribution in [1.82, 2.24) is 14.8 Å². The van der Waals surface area contributed by atoms with Gasteiger partial charge in [-0.25, -0.2) is 0 Å². The number of hydrogen-bond donors (Lipinski definition) is 2. The van der Waals surface area contributed by atoms with E-state index in [-0.39, 0.29) is 29.5 Å². The predicted octanol–water partition coefficient (Wildman–Crippen LogP) is 0.304. The molecule has 1 aromatic heterocycles. The van der Waals surface area contributed by atoms with Gasteiger partial charge in [0, 0.05) is 19.2 Å². The van der Waals surface area contributed by atoms with Crippen molar-refractivity contribution in [3.05, 3.63) is 51.8 Å². The number of amides is 3. The summed E-state index contributed by atoms with van der Waals surface area (Å²) in [4.78, 5) is 49.8. The molecule has 9 nitrogen and oxygen atoms in total. The van der Waals surface area contributed by atoms with Gasteiger partial charge in [0.05, 0.1) is 16.8 Å². The number of nitrogens with two attached hydrogens (primary N) is 1. The van der Waals surface area contributed by atoms with E-state index < -0.39 is 17.4 Å². The van der Waals surface area contributed by atoms with Crippen molar-refractivity contribution in [2.75, 3.05) is 25.4 Å². The Labute approximate surface area is 159 Å². The van der Waals surface area contributed by atoms with Crippen LogP contribution in [0.3, 0.4) is 0 Å². The highest BCUT2D eigenvalue weighted by Crippen LogP contribution is 2.24. The fraction of sp³-hybridized carbons (Fsp3) is 0.263. The average Bonchev–Trinajstić information content (AvgIpc) is 3.29. The number of pyridine rings is 1. The minimum atomic E-state index is -0.637. The second kappa shape index (κ2) is 6.84. The van der Waals surface area contributed by atoms with Gasteiger partial charge in [-0.05, 0) is 37.1 Å². The second-order valence-electron chi connectivity index (χ2n) is 6.65. The molecule has 1 aromatic carbocycles. The highest BCUT2D eigenvalue weighted by atomic mass is 16.5. The number of nitrogens with zero attached hydrogens (tertiary/aromatic N) is 2. The Balaban J connectivity index is 1.55. The lowest BCUT2D eigenvalue weighted by atomic mass is 10.1. The highest BCUT2D eigenvalue weighted by molar-refractivity contribution is 6.23. The molecule has 0 atom stereocenters. The molecule has 3 N–H and O–H groups in total. The first-order valence-corrected chi connectivity index (χ1v) is 8.88. The van der Waals surface area contributed by atoms with Gasteiger partial charge >= 0.3 is 0 Å². The summed E-state index contributed by atoms with van der Waals surface area (Å²) in [5, 5.41) is 2.12. The predicted molar refractivity (Wildman–Crippen MR) is 99.6 cm³/mol. The summed E-state index contributed by atoms with van der Waals surface area (Å²) in [6.45, 7) is 1.47. The zero-order chi connectivity index (χ0) is 19.8. The van der Waals surface area contributed by atoms with E-state index in [1.807, 2.05) is 0 Å². The standard InChI is InChI=1S/C19H18N4O5/c20-17-16-13(18(26)21-19(16)27)9-14(24)23(17)11-3-5-12(6-4-11)28-10-15(25)22-7-1-2-8-22/h3-6,9H,1-2,7-8,10,20H2,(H,21,26,27). The van der Waals surface area contributed by atoms with Crippen LogP contribution in [0.4, 0.5) is 5.82 Å². The molecule has 28 heavy (non-hydrogen) atoms. The number of benzene rings is 1. The van der Waals surface area contributed by atoms with Crippen LogP contribution >= 0.6 is 0 Å². The van der Waals surface area contributed by atoms with E-state index >= 15 is 0 Å². The zero-order valence-corrected chi connectivity index (χ0v) is 14.9. The minimum Gasteiger partial charge on any atom is -0.484 e. The van der Waals surface area contributed by atoms with Crippen LogP contribution in [0.1, 0.15) is 33.6 Å². The molecule has 0 bridgehead atoms. The lowest BCUT2D eigenvalue weighted by Crippen LogP contribution is -2.32. The molecule has 0 unspecified atom stereocenters. The van der Waals surface area contributed by atoms with Crippen molar-refractivity contribution >= 4 is 23.5 Å². The van der Waals surface area contributed by atoms with Crippen LogP contribution in [0.25, 0.3) is 5.69 Å². The number of ether oxygens (including phenoxy) is 1. The van der Waals surface area contributed by atoms with E-state index in [1.165, 1.54) is 0 Å². The smallest absolute Gasteiger partial charge is 0.262 e. The number of carbonyl (C=O) groups is 3. The maximum atomic E-state index is 12.4. The Bertz CT molecular complexity index is 1040. The van der Waals surface area contributed by atoms with Crippen molar-refractivity contribution in [2.24, 2.45) is 0 Å². The van der Waals surface area contributed by atoms with Crippen LogP contribution in [0.15, 0.2) is 35.1 Å². The number of nitrogen functional groups attached to an aromatic ring is 1. The average molecular weight is 382 g/mol. The van der Waals surface area contributed by atoms with Crippen molar-refractivity contribution in [3.8, 4) is 11.4 Å². The number of aromatic nitrogens is 1. The van der Waals surface area contributed by atoms with Crippen LogP contribution in [0.2, 0.25) is 0 Å². The van der Waals surface area contributed by atoms with Crippen molar-refractivity contribution in [1.29, 1.82) is 0 Å². The van der Waals surface area contributed by atoms with Gasteiger partial charge in [-0.15, -0.1) is 0 Å².